The lowest BCUT2D eigenvalue weighted by Crippen LogP contribution is -2.33. The van der Waals surface area contributed by atoms with Gasteiger partial charge in [0.2, 0.25) is 0 Å². The van der Waals surface area contributed by atoms with Crippen molar-refractivity contribution >= 4 is 0 Å². The summed E-state index contributed by atoms with van der Waals surface area (Å²) in [5.41, 5.74) is -1.62. The number of rotatable bonds is 3. The highest BCUT2D eigenvalue weighted by Gasteiger charge is 2.39. The van der Waals surface area contributed by atoms with Crippen molar-refractivity contribution < 1.29 is 27.1 Å². The van der Waals surface area contributed by atoms with Gasteiger partial charge < -0.3 is 5.11 Å². The average molecular weight is 254 g/mol. The van der Waals surface area contributed by atoms with Gasteiger partial charge in [-0.1, -0.05) is 18.2 Å². The van der Waals surface area contributed by atoms with Gasteiger partial charge in [0.15, 0.2) is 0 Å². The van der Waals surface area contributed by atoms with Gasteiger partial charge in [0, 0.05) is 6.42 Å². The van der Waals surface area contributed by atoms with Gasteiger partial charge in [0.1, 0.15) is 6.10 Å². The Kier molecular flexibility index (Phi) is 3.76. The standard InChI is InChI=1S/C11H11F5O/c1-7(17)10(12,13)6-8-4-2-3-5-9(8)11(14,15)16/h2-5,7,17H,6H2,1H3. The molecule has 0 amide bonds. The molecule has 0 aliphatic rings. The largest absolute Gasteiger partial charge is 0.416 e. The van der Waals surface area contributed by atoms with Crippen LogP contribution in [0.2, 0.25) is 0 Å². The van der Waals surface area contributed by atoms with E-state index in [0.29, 0.717) is 0 Å². The van der Waals surface area contributed by atoms with E-state index in [9.17, 15) is 22.0 Å². The molecule has 1 N–H and O–H groups in total. The highest BCUT2D eigenvalue weighted by atomic mass is 19.4. The van der Waals surface area contributed by atoms with Crippen molar-refractivity contribution in [1.82, 2.24) is 0 Å². The molecule has 0 aliphatic heterocycles. The van der Waals surface area contributed by atoms with E-state index in [-0.39, 0.29) is 0 Å². The first kappa shape index (κ1) is 13.9. The van der Waals surface area contributed by atoms with E-state index in [1.807, 2.05) is 0 Å². The van der Waals surface area contributed by atoms with Crippen LogP contribution in [0.15, 0.2) is 24.3 Å². The fraction of sp³-hybridized carbons (Fsp3) is 0.455. The summed E-state index contributed by atoms with van der Waals surface area (Å²) in [4.78, 5) is 0. The fourth-order valence-corrected chi connectivity index (χ4v) is 1.35. The summed E-state index contributed by atoms with van der Waals surface area (Å²) in [7, 11) is 0. The highest BCUT2D eigenvalue weighted by Crippen LogP contribution is 2.35. The van der Waals surface area contributed by atoms with Crippen LogP contribution in [-0.4, -0.2) is 17.1 Å². The SMILES string of the molecule is CC(O)C(F)(F)Cc1ccccc1C(F)(F)F. The van der Waals surface area contributed by atoms with Gasteiger partial charge in [0.25, 0.3) is 5.92 Å². The first-order valence-electron chi connectivity index (χ1n) is 4.85. The number of hydrogen-bond acceptors (Lipinski definition) is 1. The molecule has 0 aliphatic carbocycles. The molecule has 1 nitrogen and oxygen atoms in total. The fourth-order valence-electron chi connectivity index (χ4n) is 1.35. The maximum Gasteiger partial charge on any atom is 0.416 e. The van der Waals surface area contributed by atoms with Gasteiger partial charge in [-0.3, -0.25) is 0 Å². The van der Waals surface area contributed by atoms with Crippen molar-refractivity contribution in [2.24, 2.45) is 0 Å². The van der Waals surface area contributed by atoms with Crippen LogP contribution in [0.3, 0.4) is 0 Å². The number of hydrogen-bond donors (Lipinski definition) is 1. The quantitative estimate of drug-likeness (QED) is 0.821. The van der Waals surface area contributed by atoms with Crippen LogP contribution in [0.1, 0.15) is 18.1 Å². The predicted octanol–water partition coefficient (Wildman–Crippen LogP) is 3.26. The number of alkyl halides is 5. The van der Waals surface area contributed by atoms with E-state index >= 15 is 0 Å². The van der Waals surface area contributed by atoms with Crippen molar-refractivity contribution in [2.75, 3.05) is 0 Å². The zero-order chi connectivity index (χ0) is 13.3. The summed E-state index contributed by atoms with van der Waals surface area (Å²) in [6.07, 6.45) is -7.81. The Bertz CT molecular complexity index is 384. The van der Waals surface area contributed by atoms with Crippen molar-refractivity contribution in [1.29, 1.82) is 0 Å². The summed E-state index contributed by atoms with van der Waals surface area (Å²) in [6, 6.07) is 4.11. The lowest BCUT2D eigenvalue weighted by atomic mass is 9.98. The number of halogens is 5. The minimum absolute atomic E-state index is 0.522. The molecule has 96 valence electrons. The zero-order valence-corrected chi connectivity index (χ0v) is 8.93. The van der Waals surface area contributed by atoms with E-state index in [2.05, 4.69) is 0 Å². The molecule has 6 heteroatoms. The molecular formula is C11H11F5O. The monoisotopic (exact) mass is 254 g/mol. The van der Waals surface area contributed by atoms with Crippen LogP contribution in [0.25, 0.3) is 0 Å². The molecule has 1 atom stereocenters. The molecule has 0 saturated heterocycles. The topological polar surface area (TPSA) is 20.2 Å². The second-order valence-corrected chi connectivity index (χ2v) is 3.77. The molecule has 1 rings (SSSR count). The van der Waals surface area contributed by atoms with Gasteiger partial charge in [-0.2, -0.15) is 13.2 Å². The van der Waals surface area contributed by atoms with E-state index in [1.54, 1.807) is 0 Å². The Labute approximate surface area is 94.9 Å². The molecular weight excluding hydrogens is 243 g/mol. The minimum Gasteiger partial charge on any atom is -0.387 e. The second-order valence-electron chi connectivity index (χ2n) is 3.77. The molecule has 17 heavy (non-hydrogen) atoms. The number of aliphatic hydroxyl groups excluding tert-OH is 1. The number of aliphatic hydroxyl groups is 1. The molecule has 1 aromatic rings. The van der Waals surface area contributed by atoms with Crippen LogP contribution in [0, 0.1) is 0 Å². The summed E-state index contributed by atoms with van der Waals surface area (Å²) in [5, 5.41) is 8.80. The van der Waals surface area contributed by atoms with E-state index in [1.165, 1.54) is 6.07 Å². The van der Waals surface area contributed by atoms with Gasteiger partial charge in [-0.15, -0.1) is 0 Å². The molecule has 0 spiro atoms. The smallest absolute Gasteiger partial charge is 0.387 e. The summed E-state index contributed by atoms with van der Waals surface area (Å²) in [5.74, 6) is -3.58. The van der Waals surface area contributed by atoms with Crippen LogP contribution in [0.5, 0.6) is 0 Å². The third kappa shape index (κ3) is 3.39. The molecule has 1 aromatic carbocycles. The summed E-state index contributed by atoms with van der Waals surface area (Å²) < 4.78 is 63.9. The predicted molar refractivity (Wildman–Crippen MR) is 51.8 cm³/mol. The van der Waals surface area contributed by atoms with Gasteiger partial charge >= 0.3 is 6.18 Å². The van der Waals surface area contributed by atoms with Gasteiger partial charge in [-0.05, 0) is 18.6 Å². The Balaban J connectivity index is 3.08. The minimum atomic E-state index is -4.68. The molecule has 0 bridgehead atoms. The highest BCUT2D eigenvalue weighted by molar-refractivity contribution is 5.30. The first-order valence-corrected chi connectivity index (χ1v) is 4.85. The Morgan fingerprint density at radius 2 is 1.65 bits per heavy atom. The van der Waals surface area contributed by atoms with Crippen LogP contribution >= 0.6 is 0 Å². The Hall–Kier alpha value is -1.17. The van der Waals surface area contributed by atoms with Crippen molar-refractivity contribution in [3.8, 4) is 0 Å². The lowest BCUT2D eigenvalue weighted by Gasteiger charge is -2.21. The Morgan fingerprint density at radius 1 is 1.12 bits per heavy atom. The summed E-state index contributed by atoms with van der Waals surface area (Å²) in [6.45, 7) is 0.843. The van der Waals surface area contributed by atoms with Crippen molar-refractivity contribution in [3.05, 3.63) is 35.4 Å². The Morgan fingerprint density at radius 3 is 2.12 bits per heavy atom. The molecule has 0 aromatic heterocycles. The molecule has 0 radical (unpaired) electrons. The molecule has 0 heterocycles. The van der Waals surface area contributed by atoms with E-state index < -0.39 is 35.8 Å². The molecule has 0 fully saturated rings. The normalized spacial score (nSPS) is 14.8. The molecule has 1 unspecified atom stereocenters. The van der Waals surface area contributed by atoms with Gasteiger partial charge in [-0.25, -0.2) is 8.78 Å². The van der Waals surface area contributed by atoms with E-state index in [4.69, 9.17) is 5.11 Å². The molecule has 0 saturated carbocycles. The van der Waals surface area contributed by atoms with Crippen molar-refractivity contribution in [2.45, 2.75) is 31.5 Å². The van der Waals surface area contributed by atoms with Crippen LogP contribution in [0.4, 0.5) is 22.0 Å². The maximum atomic E-state index is 13.2. The number of benzene rings is 1. The maximum absolute atomic E-state index is 13.2. The zero-order valence-electron chi connectivity index (χ0n) is 8.93. The second kappa shape index (κ2) is 4.60. The third-order valence-corrected chi connectivity index (χ3v) is 2.36. The third-order valence-electron chi connectivity index (χ3n) is 2.36. The van der Waals surface area contributed by atoms with Crippen LogP contribution in [-0.2, 0) is 12.6 Å². The lowest BCUT2D eigenvalue weighted by molar-refractivity contribution is -0.140. The summed E-state index contributed by atoms with van der Waals surface area (Å²) >= 11 is 0. The van der Waals surface area contributed by atoms with Gasteiger partial charge in [0.05, 0.1) is 5.56 Å². The van der Waals surface area contributed by atoms with E-state index in [0.717, 1.165) is 25.1 Å². The van der Waals surface area contributed by atoms with Crippen LogP contribution < -0.4 is 0 Å². The first-order chi connectivity index (χ1) is 7.64. The van der Waals surface area contributed by atoms with Crippen molar-refractivity contribution in [3.63, 3.8) is 0 Å². The average Bonchev–Trinajstić information content (AvgIpc) is 2.15.